The van der Waals surface area contributed by atoms with Crippen LogP contribution in [0.1, 0.15) is 62.3 Å². The summed E-state index contributed by atoms with van der Waals surface area (Å²) in [6.07, 6.45) is -6.79. The van der Waals surface area contributed by atoms with Crippen molar-refractivity contribution in [2.75, 3.05) is 13.1 Å². The predicted molar refractivity (Wildman–Crippen MR) is 128 cm³/mol. The van der Waals surface area contributed by atoms with Crippen LogP contribution in [0, 0.1) is 17.8 Å². The highest BCUT2D eigenvalue weighted by molar-refractivity contribution is 5.34. The Morgan fingerprint density at radius 1 is 0.892 bits per heavy atom. The number of rotatable bonds is 6. The van der Waals surface area contributed by atoms with Crippen LogP contribution in [0.5, 0.6) is 0 Å². The molecule has 0 N–H and O–H groups in total. The first-order valence-corrected chi connectivity index (χ1v) is 13.0. The molecular formula is C29H34F6NO+. The highest BCUT2D eigenvalue weighted by atomic mass is 19.4. The van der Waals surface area contributed by atoms with E-state index in [2.05, 4.69) is 20.8 Å². The number of alkyl halides is 6. The van der Waals surface area contributed by atoms with Crippen LogP contribution in [0.3, 0.4) is 0 Å². The molecule has 5 rings (SSSR count). The van der Waals surface area contributed by atoms with E-state index in [1.165, 1.54) is 0 Å². The van der Waals surface area contributed by atoms with Crippen LogP contribution in [-0.2, 0) is 30.2 Å². The molecule has 0 radical (unpaired) electrons. The first-order chi connectivity index (χ1) is 17.2. The molecular weight excluding hydrogens is 492 g/mol. The van der Waals surface area contributed by atoms with Crippen LogP contribution in [0.15, 0.2) is 48.5 Å². The lowest BCUT2D eigenvalue weighted by atomic mass is 9.73. The number of quaternary nitrogens is 1. The summed E-state index contributed by atoms with van der Waals surface area (Å²) in [4.78, 5) is 0. The van der Waals surface area contributed by atoms with Crippen molar-refractivity contribution in [2.24, 2.45) is 17.8 Å². The Hall–Kier alpha value is -2.06. The second kappa shape index (κ2) is 8.73. The van der Waals surface area contributed by atoms with Gasteiger partial charge < -0.3 is 9.22 Å². The number of ether oxygens (including phenoxy) is 1. The van der Waals surface area contributed by atoms with Gasteiger partial charge in [-0.2, -0.15) is 26.3 Å². The summed E-state index contributed by atoms with van der Waals surface area (Å²) in [6.45, 7) is 8.37. The maximum atomic E-state index is 13.6. The number of hydrogen-bond acceptors (Lipinski definition) is 1. The minimum Gasteiger partial charge on any atom is -0.364 e. The van der Waals surface area contributed by atoms with E-state index in [9.17, 15) is 26.3 Å². The monoisotopic (exact) mass is 526 g/mol. The standard InChI is InChI=1S/C29H34F6NO/c1-19(2)27(37-17-20-7-5-4-6-8-20)18-36(12-11-22-9-10-25(27)26(22,36)3)16-21-13-23(28(30,31)32)15-24(14-21)29(33,34)35/h4-8,13-15,19,22,25H,9-12,16-18H2,1-3H3/q+1/t22-,25-,26+,27-,36+/m0/s1. The SMILES string of the molecule is CC(C)[C@@]1(OCc2ccccc2)C[N@+]2(Cc3cc(C(F)(F)F)cc(C(F)(F)F)c3)CC[C@@H]3CC[C@H]1[C@@]32C. The van der Waals surface area contributed by atoms with Gasteiger partial charge in [-0.1, -0.05) is 44.2 Å². The summed E-state index contributed by atoms with van der Waals surface area (Å²) in [5.41, 5.74) is -2.10. The van der Waals surface area contributed by atoms with Gasteiger partial charge in [0.1, 0.15) is 24.2 Å². The molecule has 2 nitrogen and oxygen atoms in total. The van der Waals surface area contributed by atoms with Gasteiger partial charge in [-0.15, -0.1) is 0 Å². The second-order valence-corrected chi connectivity index (χ2v) is 11.8. The van der Waals surface area contributed by atoms with Gasteiger partial charge in [-0.05, 0) is 49.4 Å². The summed E-state index contributed by atoms with van der Waals surface area (Å²) < 4.78 is 89.0. The van der Waals surface area contributed by atoms with Crippen LogP contribution < -0.4 is 0 Å². The fourth-order valence-corrected chi connectivity index (χ4v) is 8.06. The maximum absolute atomic E-state index is 13.6. The molecule has 2 aliphatic heterocycles. The molecule has 3 aliphatic rings. The minimum atomic E-state index is -4.85. The highest BCUT2D eigenvalue weighted by Crippen LogP contribution is 2.66. The van der Waals surface area contributed by atoms with Crippen molar-refractivity contribution in [2.45, 2.75) is 76.7 Å². The van der Waals surface area contributed by atoms with Crippen molar-refractivity contribution >= 4 is 0 Å². The van der Waals surface area contributed by atoms with Gasteiger partial charge in [0.2, 0.25) is 0 Å². The third-order valence-electron chi connectivity index (χ3n) is 9.86. The number of benzene rings is 2. The topological polar surface area (TPSA) is 9.23 Å². The summed E-state index contributed by atoms with van der Waals surface area (Å²) in [7, 11) is 0. The lowest BCUT2D eigenvalue weighted by Gasteiger charge is -2.44. The van der Waals surface area contributed by atoms with Gasteiger partial charge in [0, 0.05) is 23.8 Å². The Morgan fingerprint density at radius 2 is 1.51 bits per heavy atom. The summed E-state index contributed by atoms with van der Waals surface area (Å²) in [6, 6.07) is 11.9. The molecule has 2 saturated heterocycles. The van der Waals surface area contributed by atoms with Gasteiger partial charge in [-0.25, -0.2) is 0 Å². The van der Waals surface area contributed by atoms with Crippen LogP contribution in [0.2, 0.25) is 0 Å². The van der Waals surface area contributed by atoms with E-state index in [0.717, 1.165) is 43.5 Å². The fourth-order valence-electron chi connectivity index (χ4n) is 8.06. The maximum Gasteiger partial charge on any atom is 0.416 e. The summed E-state index contributed by atoms with van der Waals surface area (Å²) in [5.74, 6) is 0.708. The quantitative estimate of drug-likeness (QED) is 0.275. The third kappa shape index (κ3) is 4.19. The molecule has 2 aromatic rings. The highest BCUT2D eigenvalue weighted by Gasteiger charge is 2.76. The van der Waals surface area contributed by atoms with E-state index in [1.807, 2.05) is 30.3 Å². The molecule has 1 saturated carbocycles. The van der Waals surface area contributed by atoms with Crippen LogP contribution in [0.25, 0.3) is 0 Å². The van der Waals surface area contributed by atoms with Crippen LogP contribution in [0.4, 0.5) is 26.3 Å². The average Bonchev–Trinajstić information content (AvgIpc) is 3.38. The average molecular weight is 527 g/mol. The molecule has 2 heterocycles. The first kappa shape index (κ1) is 26.5. The van der Waals surface area contributed by atoms with E-state index in [1.54, 1.807) is 0 Å². The Labute approximate surface area is 214 Å². The van der Waals surface area contributed by atoms with Gasteiger partial charge in [-0.3, -0.25) is 0 Å². The minimum absolute atomic E-state index is 0.0947. The lowest BCUT2D eigenvalue weighted by molar-refractivity contribution is -0.967. The van der Waals surface area contributed by atoms with Crippen molar-refractivity contribution in [3.8, 4) is 0 Å². The smallest absolute Gasteiger partial charge is 0.364 e. The van der Waals surface area contributed by atoms with E-state index in [0.29, 0.717) is 23.6 Å². The zero-order valence-corrected chi connectivity index (χ0v) is 21.4. The predicted octanol–water partition coefficient (Wildman–Crippen LogP) is 7.85. The van der Waals surface area contributed by atoms with Gasteiger partial charge >= 0.3 is 12.4 Å². The Balaban J connectivity index is 1.56. The Morgan fingerprint density at radius 3 is 2.08 bits per heavy atom. The molecule has 0 amide bonds. The Kier molecular flexibility index (Phi) is 6.26. The lowest BCUT2D eigenvalue weighted by Crippen LogP contribution is -2.57. The van der Waals surface area contributed by atoms with E-state index in [-0.39, 0.29) is 35.5 Å². The van der Waals surface area contributed by atoms with Gasteiger partial charge in [0.15, 0.2) is 0 Å². The number of halogens is 6. The van der Waals surface area contributed by atoms with Crippen molar-refractivity contribution in [1.82, 2.24) is 0 Å². The molecule has 0 aromatic heterocycles. The number of hydrogen-bond donors (Lipinski definition) is 0. The fraction of sp³-hybridized carbons (Fsp3) is 0.586. The van der Waals surface area contributed by atoms with Gasteiger partial charge in [0.25, 0.3) is 0 Å². The molecule has 37 heavy (non-hydrogen) atoms. The Bertz CT molecular complexity index is 1110. The molecule has 8 heteroatoms. The summed E-state index contributed by atoms with van der Waals surface area (Å²) in [5, 5.41) is 0. The molecule has 1 aliphatic carbocycles. The number of nitrogens with zero attached hydrogens (tertiary/aromatic N) is 1. The van der Waals surface area contributed by atoms with E-state index < -0.39 is 29.1 Å². The zero-order chi connectivity index (χ0) is 26.9. The van der Waals surface area contributed by atoms with E-state index in [4.69, 9.17) is 4.74 Å². The molecule has 5 atom stereocenters. The largest absolute Gasteiger partial charge is 0.416 e. The summed E-state index contributed by atoms with van der Waals surface area (Å²) >= 11 is 0. The van der Waals surface area contributed by atoms with E-state index >= 15 is 0 Å². The normalized spacial score (nSPS) is 33.4. The van der Waals surface area contributed by atoms with Crippen molar-refractivity contribution < 1.29 is 35.6 Å². The van der Waals surface area contributed by atoms with Crippen LogP contribution >= 0.6 is 0 Å². The van der Waals surface area contributed by atoms with Gasteiger partial charge in [0.05, 0.1) is 24.3 Å². The van der Waals surface area contributed by atoms with Crippen molar-refractivity contribution in [1.29, 1.82) is 0 Å². The zero-order valence-electron chi connectivity index (χ0n) is 21.4. The van der Waals surface area contributed by atoms with Crippen molar-refractivity contribution in [3.05, 3.63) is 70.8 Å². The molecule has 0 bridgehead atoms. The van der Waals surface area contributed by atoms with Crippen LogP contribution in [-0.4, -0.2) is 28.7 Å². The third-order valence-corrected chi connectivity index (χ3v) is 9.86. The molecule has 202 valence electrons. The molecule has 3 fully saturated rings. The van der Waals surface area contributed by atoms with Crippen molar-refractivity contribution in [3.63, 3.8) is 0 Å². The second-order valence-electron chi connectivity index (χ2n) is 11.8. The first-order valence-electron chi connectivity index (χ1n) is 13.0. The molecule has 0 unspecified atom stereocenters. The molecule has 2 aromatic carbocycles. The molecule has 0 spiro atoms.